The maximum absolute atomic E-state index is 15.4. The van der Waals surface area contributed by atoms with Crippen LogP contribution >= 0.6 is 0 Å². The maximum Gasteiger partial charge on any atom is 0.252 e. The highest BCUT2D eigenvalue weighted by atomic mass is 19.1. The van der Waals surface area contributed by atoms with E-state index in [2.05, 4.69) is 16.8 Å². The number of pyridine rings is 1. The van der Waals surface area contributed by atoms with Crippen LogP contribution in [0.2, 0.25) is 0 Å². The minimum absolute atomic E-state index is 0.0227. The summed E-state index contributed by atoms with van der Waals surface area (Å²) in [5.74, 6) is -1.78. The van der Waals surface area contributed by atoms with Crippen LogP contribution in [-0.4, -0.2) is 126 Å². The number of carbonyl (C=O) groups is 3. The Labute approximate surface area is 293 Å². The molecule has 0 bridgehead atoms. The van der Waals surface area contributed by atoms with Gasteiger partial charge in [0.05, 0.1) is 12.0 Å². The summed E-state index contributed by atoms with van der Waals surface area (Å²) in [6, 6.07) is 8.00. The van der Waals surface area contributed by atoms with Crippen molar-refractivity contribution in [2.24, 2.45) is 11.8 Å². The number of piperazine rings is 1. The average Bonchev–Trinajstić information content (AvgIpc) is 3.91. The predicted octanol–water partition coefficient (Wildman–Crippen LogP) is 3.91. The van der Waals surface area contributed by atoms with Gasteiger partial charge in [-0.1, -0.05) is 19.1 Å². The summed E-state index contributed by atoms with van der Waals surface area (Å²) in [6.45, 7) is 6.24. The highest BCUT2D eigenvalue weighted by molar-refractivity contribution is 5.91. The first-order chi connectivity index (χ1) is 24.2. The quantitative estimate of drug-likeness (QED) is 0.435. The Morgan fingerprint density at radius 1 is 0.900 bits per heavy atom. The van der Waals surface area contributed by atoms with Gasteiger partial charge in [-0.05, 0) is 81.7 Å². The molecule has 1 unspecified atom stereocenters. The van der Waals surface area contributed by atoms with Gasteiger partial charge in [-0.15, -0.1) is 0 Å². The van der Waals surface area contributed by atoms with E-state index in [1.165, 1.54) is 12.1 Å². The molecule has 1 aromatic carbocycles. The van der Waals surface area contributed by atoms with Crippen LogP contribution in [0.3, 0.4) is 0 Å². The average molecular weight is 693 g/mol. The summed E-state index contributed by atoms with van der Waals surface area (Å²) in [6.07, 6.45) is 6.86. The number of hydrogen-bond acceptors (Lipinski definition) is 7. The van der Waals surface area contributed by atoms with Gasteiger partial charge in [0, 0.05) is 76.6 Å². The molecule has 10 nitrogen and oxygen atoms in total. The van der Waals surface area contributed by atoms with Crippen LogP contribution in [0.25, 0.3) is 0 Å². The Hall–Kier alpha value is -3.64. The molecule has 1 aromatic heterocycles. The molecule has 270 valence electrons. The van der Waals surface area contributed by atoms with Crippen LogP contribution in [-0.2, 0) is 19.1 Å². The molecule has 7 rings (SSSR count). The van der Waals surface area contributed by atoms with E-state index < -0.39 is 35.6 Å². The van der Waals surface area contributed by atoms with Crippen molar-refractivity contribution in [2.45, 2.75) is 82.0 Å². The van der Waals surface area contributed by atoms with E-state index in [1.54, 1.807) is 11.1 Å². The van der Waals surface area contributed by atoms with Crippen molar-refractivity contribution < 1.29 is 27.9 Å². The summed E-state index contributed by atoms with van der Waals surface area (Å²) < 4.78 is 35.4. The van der Waals surface area contributed by atoms with Crippen LogP contribution in [0.5, 0.6) is 0 Å². The third-order valence-electron chi connectivity index (χ3n) is 11.9. The van der Waals surface area contributed by atoms with Crippen molar-refractivity contribution in [1.82, 2.24) is 24.6 Å². The number of aromatic nitrogens is 1. The second kappa shape index (κ2) is 14.9. The zero-order chi connectivity index (χ0) is 34.9. The fraction of sp³-hybridized carbons (Fsp3) is 0.632. The molecule has 1 aliphatic carbocycles. The Morgan fingerprint density at radius 2 is 1.68 bits per heavy atom. The smallest absolute Gasteiger partial charge is 0.252 e. The SMILES string of the molecule is CC1CCC(N(C(=O)C2CCCO2)[C@H]2C[C@@H](C(=O)N3CCN(C)CC3)N(C(=O)[C@@H]3CN(c4ccccn4)C[C@H]3c3ccc(F)cc3F)C2)CC1. The minimum atomic E-state index is -0.749. The molecule has 4 aliphatic heterocycles. The standard InChI is InChI=1S/C38H50F2N6O4/c1-25-8-11-27(12-9-25)46(38(49)34-6-5-19-50-34)28-21-33(37(48)43-17-15-42(2)16-18-43)45(22-28)36(47)31-24-44(35-7-3-4-14-41-35)23-30(31)29-13-10-26(39)20-32(29)40/h3-4,7,10,13-14,20,25,27-28,30-31,33-34H,5-6,8-9,11-12,15-19,21-24H2,1-2H3/t25?,27?,28-,30-,31+,33-,34?/m0/s1. The van der Waals surface area contributed by atoms with Gasteiger partial charge in [-0.25, -0.2) is 13.8 Å². The van der Waals surface area contributed by atoms with Crippen molar-refractivity contribution >= 4 is 23.5 Å². The van der Waals surface area contributed by atoms with E-state index in [4.69, 9.17) is 4.74 Å². The lowest BCUT2D eigenvalue weighted by atomic mass is 9.85. The molecule has 5 aliphatic rings. The third kappa shape index (κ3) is 7.10. The third-order valence-corrected chi connectivity index (χ3v) is 11.9. The number of likely N-dealkylation sites (N-methyl/N-ethyl adjacent to an activating group) is 1. The van der Waals surface area contributed by atoms with E-state index in [9.17, 15) is 14.0 Å². The summed E-state index contributed by atoms with van der Waals surface area (Å²) >= 11 is 0. The lowest BCUT2D eigenvalue weighted by molar-refractivity contribution is -0.148. The van der Waals surface area contributed by atoms with Gasteiger partial charge in [0.25, 0.3) is 5.91 Å². The molecular formula is C38H50F2N6O4. The molecular weight excluding hydrogens is 642 g/mol. The molecule has 1 saturated carbocycles. The Balaban J connectivity index is 1.23. The normalized spacial score (nSPS) is 30.6. The Morgan fingerprint density at radius 3 is 2.36 bits per heavy atom. The van der Waals surface area contributed by atoms with Gasteiger partial charge in [0.1, 0.15) is 29.6 Å². The van der Waals surface area contributed by atoms with Crippen molar-refractivity contribution in [3.05, 3.63) is 59.8 Å². The summed E-state index contributed by atoms with van der Waals surface area (Å²) in [5.41, 5.74) is 0.271. The number of anilines is 1. The van der Waals surface area contributed by atoms with Crippen molar-refractivity contribution in [1.29, 1.82) is 0 Å². The zero-order valence-electron chi connectivity index (χ0n) is 29.3. The van der Waals surface area contributed by atoms with E-state index in [1.807, 2.05) is 39.9 Å². The number of ether oxygens (including phenoxy) is 1. The largest absolute Gasteiger partial charge is 0.368 e. The molecule has 4 saturated heterocycles. The first-order valence-electron chi connectivity index (χ1n) is 18.5. The maximum atomic E-state index is 15.4. The fourth-order valence-corrected chi connectivity index (χ4v) is 8.96. The van der Waals surface area contributed by atoms with Gasteiger partial charge in [-0.2, -0.15) is 0 Å². The van der Waals surface area contributed by atoms with Gasteiger partial charge < -0.3 is 29.2 Å². The Bertz CT molecular complexity index is 1530. The van der Waals surface area contributed by atoms with Gasteiger partial charge >= 0.3 is 0 Å². The van der Waals surface area contributed by atoms with Crippen LogP contribution in [0.15, 0.2) is 42.6 Å². The number of nitrogens with zero attached hydrogens (tertiary/aromatic N) is 6. The number of carbonyl (C=O) groups excluding carboxylic acids is 3. The summed E-state index contributed by atoms with van der Waals surface area (Å²) in [7, 11) is 2.03. The summed E-state index contributed by atoms with van der Waals surface area (Å²) in [5, 5.41) is 0. The molecule has 50 heavy (non-hydrogen) atoms. The lowest BCUT2D eigenvalue weighted by Crippen LogP contribution is -2.54. The van der Waals surface area contributed by atoms with E-state index in [-0.39, 0.29) is 48.5 Å². The topological polar surface area (TPSA) is 89.5 Å². The van der Waals surface area contributed by atoms with E-state index in [0.717, 1.165) is 51.3 Å². The van der Waals surface area contributed by atoms with Crippen molar-refractivity contribution in [2.75, 3.05) is 64.4 Å². The number of halogens is 2. The minimum Gasteiger partial charge on any atom is -0.368 e. The number of rotatable bonds is 7. The highest BCUT2D eigenvalue weighted by Gasteiger charge is 2.51. The molecule has 5 fully saturated rings. The molecule has 0 N–H and O–H groups in total. The number of likely N-dealkylation sites (tertiary alicyclic amines) is 1. The van der Waals surface area contributed by atoms with E-state index >= 15 is 9.18 Å². The van der Waals surface area contributed by atoms with E-state index in [0.29, 0.717) is 50.8 Å². The molecule has 0 spiro atoms. The van der Waals surface area contributed by atoms with Crippen LogP contribution < -0.4 is 4.90 Å². The molecule has 3 amide bonds. The van der Waals surface area contributed by atoms with Crippen LogP contribution in [0, 0.1) is 23.5 Å². The van der Waals surface area contributed by atoms with Crippen molar-refractivity contribution in [3.63, 3.8) is 0 Å². The predicted molar refractivity (Wildman–Crippen MR) is 184 cm³/mol. The van der Waals surface area contributed by atoms with Gasteiger partial charge in [0.15, 0.2) is 0 Å². The highest BCUT2D eigenvalue weighted by Crippen LogP contribution is 2.40. The molecule has 0 radical (unpaired) electrons. The van der Waals surface area contributed by atoms with Crippen LogP contribution in [0.1, 0.15) is 63.4 Å². The number of hydrogen-bond donors (Lipinski definition) is 0. The Kier molecular flexibility index (Phi) is 10.4. The first-order valence-corrected chi connectivity index (χ1v) is 18.5. The monoisotopic (exact) mass is 692 g/mol. The number of benzene rings is 1. The second-order valence-corrected chi connectivity index (χ2v) is 15.2. The summed E-state index contributed by atoms with van der Waals surface area (Å²) in [4.78, 5) is 58.0. The molecule has 12 heteroatoms. The zero-order valence-corrected chi connectivity index (χ0v) is 29.3. The molecule has 5 heterocycles. The first kappa shape index (κ1) is 34.8. The second-order valence-electron chi connectivity index (χ2n) is 15.2. The van der Waals surface area contributed by atoms with Gasteiger partial charge in [0.2, 0.25) is 11.8 Å². The number of amides is 3. The van der Waals surface area contributed by atoms with Crippen LogP contribution in [0.4, 0.5) is 14.6 Å². The fourth-order valence-electron chi connectivity index (χ4n) is 8.96. The molecule has 2 aromatic rings. The molecule has 5 atom stereocenters. The lowest BCUT2D eigenvalue weighted by Gasteiger charge is -2.41. The van der Waals surface area contributed by atoms with Crippen molar-refractivity contribution in [3.8, 4) is 0 Å². The van der Waals surface area contributed by atoms with Gasteiger partial charge in [-0.3, -0.25) is 14.4 Å².